The lowest BCUT2D eigenvalue weighted by atomic mass is 9.71. The Morgan fingerprint density at radius 3 is 1.61 bits per heavy atom. The molecule has 1 unspecified atom stereocenters. The van der Waals surface area contributed by atoms with Gasteiger partial charge in [-0.1, -0.05) is 172 Å². The van der Waals surface area contributed by atoms with Crippen LogP contribution in [0, 0.1) is 0 Å². The standard InChI is InChI=1S/C53H43Br/c1-51(2)43-17-11-9-13-33(43)35-22-19-30(25-45(35)51)49-38-15-7-8-16-39(38)50(31-20-23-36-34-14-10-12-18-44(34)52(3,4)46(36)26-31)42-29-48-40(28-41(42)49)37-24-21-32(54)27-47(37)53(48,5)6/h7-27,29,40H,28H2,1-6H3. The van der Waals surface area contributed by atoms with Gasteiger partial charge in [0.15, 0.2) is 0 Å². The molecule has 0 bridgehead atoms. The highest BCUT2D eigenvalue weighted by Gasteiger charge is 2.45. The van der Waals surface area contributed by atoms with Gasteiger partial charge in [-0.05, 0) is 130 Å². The number of benzene rings is 7. The number of allylic oxidation sites excluding steroid dienone is 1. The molecule has 262 valence electrons. The van der Waals surface area contributed by atoms with Crippen molar-refractivity contribution in [1.29, 1.82) is 0 Å². The lowest BCUT2D eigenvalue weighted by Crippen LogP contribution is -2.20. The predicted molar refractivity (Wildman–Crippen MR) is 232 cm³/mol. The average molecular weight is 760 g/mol. The Balaban J connectivity index is 1.21. The molecule has 4 aliphatic carbocycles. The summed E-state index contributed by atoms with van der Waals surface area (Å²) < 4.78 is 1.15. The average Bonchev–Trinajstić information content (AvgIpc) is 3.65. The smallest absolute Gasteiger partial charge is 0.0178 e. The second-order valence-electron chi connectivity index (χ2n) is 17.8. The molecule has 0 radical (unpaired) electrons. The van der Waals surface area contributed by atoms with E-state index in [2.05, 4.69) is 191 Å². The molecule has 0 N–H and O–H groups in total. The maximum absolute atomic E-state index is 3.83. The quantitative estimate of drug-likeness (QED) is 0.165. The molecule has 11 rings (SSSR count). The molecule has 0 heterocycles. The van der Waals surface area contributed by atoms with Gasteiger partial charge in [0.05, 0.1) is 0 Å². The van der Waals surface area contributed by atoms with Crippen molar-refractivity contribution in [3.8, 4) is 44.5 Å². The van der Waals surface area contributed by atoms with Gasteiger partial charge in [-0.15, -0.1) is 0 Å². The molecular formula is C53H43Br. The van der Waals surface area contributed by atoms with Gasteiger partial charge in [0, 0.05) is 26.6 Å². The molecule has 1 atom stereocenters. The maximum Gasteiger partial charge on any atom is 0.0178 e. The first kappa shape index (κ1) is 32.5. The van der Waals surface area contributed by atoms with Crippen molar-refractivity contribution in [3.05, 3.63) is 182 Å². The fraction of sp³-hybridized carbons (Fsp3) is 0.208. The zero-order valence-electron chi connectivity index (χ0n) is 31.9. The van der Waals surface area contributed by atoms with Gasteiger partial charge >= 0.3 is 0 Å². The normalized spacial score (nSPS) is 18.6. The van der Waals surface area contributed by atoms with Crippen LogP contribution < -0.4 is 0 Å². The molecule has 0 saturated carbocycles. The van der Waals surface area contributed by atoms with Gasteiger partial charge < -0.3 is 0 Å². The summed E-state index contributed by atoms with van der Waals surface area (Å²) in [4.78, 5) is 0. The van der Waals surface area contributed by atoms with Gasteiger partial charge in [0.2, 0.25) is 0 Å². The maximum atomic E-state index is 3.83. The van der Waals surface area contributed by atoms with E-state index < -0.39 is 0 Å². The summed E-state index contributed by atoms with van der Waals surface area (Å²) in [6.07, 6.45) is 3.61. The minimum Gasteiger partial charge on any atom is -0.0619 e. The SMILES string of the molecule is CC1(C)C2=Cc3c(c(-c4ccc5c(c4)C(C)(C)c4ccccc4-5)c4ccccc4c3-c3ccc4c(c3)C(C)(C)c3ccccc3-4)CC2c2ccc(Br)cc21. The molecule has 7 aromatic carbocycles. The summed E-state index contributed by atoms with van der Waals surface area (Å²) in [5.74, 6) is 0.340. The lowest BCUT2D eigenvalue weighted by Gasteiger charge is -2.32. The monoisotopic (exact) mass is 758 g/mol. The van der Waals surface area contributed by atoms with Crippen LogP contribution in [0.15, 0.2) is 137 Å². The van der Waals surface area contributed by atoms with E-state index in [1.165, 1.54) is 105 Å². The van der Waals surface area contributed by atoms with Gasteiger partial charge in [-0.25, -0.2) is 0 Å². The highest BCUT2D eigenvalue weighted by molar-refractivity contribution is 9.10. The van der Waals surface area contributed by atoms with Crippen LogP contribution in [0.1, 0.15) is 92.0 Å². The number of hydrogen-bond donors (Lipinski definition) is 0. The highest BCUT2D eigenvalue weighted by Crippen LogP contribution is 2.59. The first-order chi connectivity index (χ1) is 26.0. The summed E-state index contributed by atoms with van der Waals surface area (Å²) >= 11 is 3.83. The van der Waals surface area contributed by atoms with Crippen molar-refractivity contribution in [2.24, 2.45) is 0 Å². The molecule has 0 spiro atoms. The first-order valence-corrected chi connectivity index (χ1v) is 20.3. The van der Waals surface area contributed by atoms with E-state index in [-0.39, 0.29) is 16.2 Å². The van der Waals surface area contributed by atoms with Crippen molar-refractivity contribution in [1.82, 2.24) is 0 Å². The second-order valence-corrected chi connectivity index (χ2v) is 18.7. The van der Waals surface area contributed by atoms with Crippen LogP contribution in [0.2, 0.25) is 0 Å². The van der Waals surface area contributed by atoms with E-state index in [9.17, 15) is 0 Å². The second kappa shape index (κ2) is 10.8. The predicted octanol–water partition coefficient (Wildman–Crippen LogP) is 14.6. The van der Waals surface area contributed by atoms with Crippen molar-refractivity contribution in [2.45, 2.75) is 70.1 Å². The van der Waals surface area contributed by atoms with Gasteiger partial charge in [-0.2, -0.15) is 0 Å². The molecule has 54 heavy (non-hydrogen) atoms. The van der Waals surface area contributed by atoms with Gasteiger partial charge in [0.25, 0.3) is 0 Å². The molecule has 0 saturated heterocycles. The van der Waals surface area contributed by atoms with Crippen LogP contribution in [-0.2, 0) is 22.7 Å². The number of hydrogen-bond acceptors (Lipinski definition) is 0. The van der Waals surface area contributed by atoms with Crippen LogP contribution in [-0.4, -0.2) is 0 Å². The first-order valence-electron chi connectivity index (χ1n) is 19.6. The van der Waals surface area contributed by atoms with Crippen LogP contribution in [0.25, 0.3) is 61.4 Å². The van der Waals surface area contributed by atoms with E-state index in [0.29, 0.717) is 5.92 Å². The van der Waals surface area contributed by atoms with Crippen LogP contribution in [0.4, 0.5) is 0 Å². The molecule has 0 aliphatic heterocycles. The molecule has 0 fully saturated rings. The Hall–Kier alpha value is -4.98. The number of rotatable bonds is 2. The molecular weight excluding hydrogens is 716 g/mol. The minimum absolute atomic E-state index is 0.0680. The molecule has 0 nitrogen and oxygen atoms in total. The van der Waals surface area contributed by atoms with Crippen molar-refractivity contribution < 1.29 is 0 Å². The molecule has 0 aromatic heterocycles. The summed E-state index contributed by atoms with van der Waals surface area (Å²) in [5, 5.41) is 2.67. The fourth-order valence-corrected chi connectivity index (χ4v) is 11.6. The molecule has 0 amide bonds. The van der Waals surface area contributed by atoms with Crippen LogP contribution >= 0.6 is 15.9 Å². The minimum atomic E-state index is -0.0739. The third-order valence-electron chi connectivity index (χ3n) is 14.0. The van der Waals surface area contributed by atoms with Crippen LogP contribution in [0.5, 0.6) is 0 Å². The van der Waals surface area contributed by atoms with Crippen molar-refractivity contribution in [2.75, 3.05) is 0 Å². The Kier molecular flexibility index (Phi) is 6.51. The molecule has 4 aliphatic rings. The fourth-order valence-electron chi connectivity index (χ4n) is 11.2. The number of halogens is 1. The summed E-state index contributed by atoms with van der Waals surface area (Å²) in [5.41, 5.74) is 23.7. The zero-order chi connectivity index (χ0) is 36.9. The largest absolute Gasteiger partial charge is 0.0619 e. The van der Waals surface area contributed by atoms with E-state index >= 15 is 0 Å². The summed E-state index contributed by atoms with van der Waals surface area (Å²) in [6.45, 7) is 14.5. The van der Waals surface area contributed by atoms with E-state index in [1.54, 1.807) is 0 Å². The summed E-state index contributed by atoms with van der Waals surface area (Å²) in [6, 6.07) is 48.9. The third-order valence-corrected chi connectivity index (χ3v) is 14.5. The molecule has 7 aromatic rings. The van der Waals surface area contributed by atoms with E-state index in [1.807, 2.05) is 0 Å². The Bertz CT molecular complexity index is 2840. The topological polar surface area (TPSA) is 0 Å². The highest BCUT2D eigenvalue weighted by atomic mass is 79.9. The lowest BCUT2D eigenvalue weighted by molar-refractivity contribution is 0.614. The van der Waals surface area contributed by atoms with Gasteiger partial charge in [-0.3, -0.25) is 0 Å². The Labute approximate surface area is 327 Å². The van der Waals surface area contributed by atoms with Gasteiger partial charge in [0.1, 0.15) is 0 Å². The van der Waals surface area contributed by atoms with E-state index in [0.717, 1.165) is 10.9 Å². The van der Waals surface area contributed by atoms with Crippen molar-refractivity contribution >= 4 is 32.8 Å². The van der Waals surface area contributed by atoms with Crippen molar-refractivity contribution in [3.63, 3.8) is 0 Å². The number of fused-ring (bicyclic) bond motifs is 11. The Morgan fingerprint density at radius 2 is 1.00 bits per heavy atom. The Morgan fingerprint density at radius 1 is 0.481 bits per heavy atom. The molecule has 1 heteroatoms. The van der Waals surface area contributed by atoms with Crippen LogP contribution in [0.3, 0.4) is 0 Å². The zero-order valence-corrected chi connectivity index (χ0v) is 33.5. The van der Waals surface area contributed by atoms with E-state index in [4.69, 9.17) is 0 Å². The summed E-state index contributed by atoms with van der Waals surface area (Å²) in [7, 11) is 0. The third kappa shape index (κ3) is 4.14.